The Hall–Kier alpha value is 0.310. The molecule has 0 radical (unpaired) electrons. The summed E-state index contributed by atoms with van der Waals surface area (Å²) in [5, 5.41) is 3.54. The first kappa shape index (κ1) is 12.4. The highest BCUT2D eigenvalue weighted by molar-refractivity contribution is 7.98. The van der Waals surface area contributed by atoms with E-state index in [4.69, 9.17) is 0 Å². The second kappa shape index (κ2) is 8.60. The topological polar surface area (TPSA) is 12.0 Å². The lowest BCUT2D eigenvalue weighted by atomic mass is 10.2. The third kappa shape index (κ3) is 7.69. The van der Waals surface area contributed by atoms with Crippen molar-refractivity contribution in [3.05, 3.63) is 0 Å². The van der Waals surface area contributed by atoms with Crippen molar-refractivity contribution in [1.29, 1.82) is 0 Å². The second-order valence-electron chi connectivity index (χ2n) is 4.39. The molecule has 0 saturated heterocycles. The molecule has 1 nitrogen and oxygen atoms in total. The van der Waals surface area contributed by atoms with Crippen LogP contribution in [0.2, 0.25) is 0 Å². The third-order valence-corrected chi connectivity index (χ3v) is 3.58. The third-order valence-electron chi connectivity index (χ3n) is 2.88. The molecule has 1 saturated carbocycles. The maximum Gasteiger partial charge on any atom is -0.00463 e. The summed E-state index contributed by atoms with van der Waals surface area (Å²) in [6.45, 7) is 2.50. The van der Waals surface area contributed by atoms with Gasteiger partial charge >= 0.3 is 0 Å². The summed E-state index contributed by atoms with van der Waals surface area (Å²) in [5.41, 5.74) is 0. The molecule has 0 spiro atoms. The zero-order valence-corrected chi connectivity index (χ0v) is 10.4. The Morgan fingerprint density at radius 2 is 1.86 bits per heavy atom. The van der Waals surface area contributed by atoms with Gasteiger partial charge in [0, 0.05) is 0 Å². The largest absolute Gasteiger partial charge is 0.317 e. The van der Waals surface area contributed by atoms with E-state index in [1.54, 1.807) is 0 Å². The highest BCUT2D eigenvalue weighted by Gasteiger charge is 2.19. The molecule has 0 amide bonds. The van der Waals surface area contributed by atoms with E-state index in [9.17, 15) is 0 Å². The van der Waals surface area contributed by atoms with Gasteiger partial charge in [0.2, 0.25) is 0 Å². The van der Waals surface area contributed by atoms with E-state index < -0.39 is 0 Å². The molecule has 1 aliphatic rings. The summed E-state index contributed by atoms with van der Waals surface area (Å²) in [6.07, 6.45) is 12.2. The predicted octanol–water partition coefficient (Wildman–Crippen LogP) is 3.30. The molecular weight excluding hydrogens is 190 g/mol. The summed E-state index contributed by atoms with van der Waals surface area (Å²) in [6, 6.07) is 0. The zero-order valence-electron chi connectivity index (χ0n) is 9.56. The van der Waals surface area contributed by atoms with Gasteiger partial charge in [-0.25, -0.2) is 0 Å². The lowest BCUT2D eigenvalue weighted by molar-refractivity contribution is 0.570. The standard InChI is InChI=1S/C12H25NS/c1-14-11-5-3-2-4-9-13-10-8-12-6-7-12/h12-13H,2-11H2,1H3. The fourth-order valence-corrected chi connectivity index (χ4v) is 2.18. The van der Waals surface area contributed by atoms with E-state index in [0.717, 1.165) is 5.92 Å². The van der Waals surface area contributed by atoms with E-state index in [1.165, 1.54) is 63.8 Å². The fraction of sp³-hybridized carbons (Fsp3) is 1.00. The molecule has 1 rings (SSSR count). The maximum atomic E-state index is 3.54. The van der Waals surface area contributed by atoms with E-state index in [1.807, 2.05) is 11.8 Å². The van der Waals surface area contributed by atoms with Crippen molar-refractivity contribution in [2.24, 2.45) is 5.92 Å². The molecule has 14 heavy (non-hydrogen) atoms. The predicted molar refractivity (Wildman–Crippen MR) is 67.1 cm³/mol. The molecule has 0 aromatic rings. The number of hydrogen-bond donors (Lipinski definition) is 1. The summed E-state index contributed by atoms with van der Waals surface area (Å²) in [4.78, 5) is 0. The van der Waals surface area contributed by atoms with Gasteiger partial charge in [0.1, 0.15) is 0 Å². The summed E-state index contributed by atoms with van der Waals surface area (Å²) in [7, 11) is 0. The van der Waals surface area contributed by atoms with Crippen LogP contribution in [0.25, 0.3) is 0 Å². The molecule has 0 heterocycles. The monoisotopic (exact) mass is 215 g/mol. The van der Waals surface area contributed by atoms with Crippen molar-refractivity contribution in [3.63, 3.8) is 0 Å². The summed E-state index contributed by atoms with van der Waals surface area (Å²) < 4.78 is 0. The van der Waals surface area contributed by atoms with Gasteiger partial charge in [-0.2, -0.15) is 11.8 Å². The number of hydrogen-bond acceptors (Lipinski definition) is 2. The van der Waals surface area contributed by atoms with Crippen LogP contribution in [-0.4, -0.2) is 25.1 Å². The smallest absolute Gasteiger partial charge is 0.00463 e. The molecule has 1 aliphatic carbocycles. The molecule has 0 unspecified atom stereocenters. The first-order valence-electron chi connectivity index (χ1n) is 6.13. The van der Waals surface area contributed by atoms with E-state index in [-0.39, 0.29) is 0 Å². The Morgan fingerprint density at radius 3 is 2.57 bits per heavy atom. The maximum absolute atomic E-state index is 3.54. The van der Waals surface area contributed by atoms with Crippen LogP contribution in [-0.2, 0) is 0 Å². The Labute approximate surface area is 93.4 Å². The Bertz CT molecular complexity index is 123. The van der Waals surface area contributed by atoms with E-state index >= 15 is 0 Å². The molecule has 1 N–H and O–H groups in total. The first-order chi connectivity index (χ1) is 6.93. The second-order valence-corrected chi connectivity index (χ2v) is 5.37. The molecule has 84 valence electrons. The fourth-order valence-electron chi connectivity index (χ4n) is 1.69. The normalized spacial score (nSPS) is 16.1. The molecule has 0 aromatic heterocycles. The minimum Gasteiger partial charge on any atom is -0.317 e. The highest BCUT2D eigenvalue weighted by Crippen LogP contribution is 2.31. The van der Waals surface area contributed by atoms with Crippen molar-refractivity contribution in [3.8, 4) is 0 Å². The van der Waals surface area contributed by atoms with Crippen LogP contribution >= 0.6 is 11.8 Å². The van der Waals surface area contributed by atoms with Crippen molar-refractivity contribution in [2.75, 3.05) is 25.1 Å². The SMILES string of the molecule is CSCCCCCCNCCC1CC1. The van der Waals surface area contributed by atoms with Gasteiger partial charge in [0.15, 0.2) is 0 Å². The Kier molecular flexibility index (Phi) is 7.61. The van der Waals surface area contributed by atoms with Gasteiger partial charge in [-0.05, 0) is 50.3 Å². The highest BCUT2D eigenvalue weighted by atomic mass is 32.2. The van der Waals surface area contributed by atoms with Crippen molar-refractivity contribution in [2.45, 2.75) is 44.9 Å². The molecule has 0 bridgehead atoms. The average Bonchev–Trinajstić information content (AvgIpc) is 2.99. The number of thioether (sulfide) groups is 1. The van der Waals surface area contributed by atoms with Crippen LogP contribution in [0.1, 0.15) is 44.9 Å². The molecule has 1 fully saturated rings. The van der Waals surface area contributed by atoms with Crippen molar-refractivity contribution in [1.82, 2.24) is 5.32 Å². The lowest BCUT2D eigenvalue weighted by Crippen LogP contribution is -2.16. The van der Waals surface area contributed by atoms with Crippen LogP contribution in [0.3, 0.4) is 0 Å². The summed E-state index contributed by atoms with van der Waals surface area (Å²) in [5.74, 6) is 2.43. The van der Waals surface area contributed by atoms with E-state index in [2.05, 4.69) is 11.6 Å². The van der Waals surface area contributed by atoms with Crippen molar-refractivity contribution < 1.29 is 0 Å². The van der Waals surface area contributed by atoms with Gasteiger partial charge in [0.05, 0.1) is 0 Å². The lowest BCUT2D eigenvalue weighted by Gasteiger charge is -2.03. The van der Waals surface area contributed by atoms with Crippen LogP contribution in [0, 0.1) is 5.92 Å². The van der Waals surface area contributed by atoms with Gasteiger partial charge in [0.25, 0.3) is 0 Å². The number of unbranched alkanes of at least 4 members (excludes halogenated alkanes) is 3. The van der Waals surface area contributed by atoms with Gasteiger partial charge in [-0.15, -0.1) is 0 Å². The van der Waals surface area contributed by atoms with Crippen LogP contribution in [0.4, 0.5) is 0 Å². The molecule has 0 aromatic carbocycles. The summed E-state index contributed by atoms with van der Waals surface area (Å²) >= 11 is 1.97. The Balaban J connectivity index is 1.63. The van der Waals surface area contributed by atoms with Crippen LogP contribution < -0.4 is 5.32 Å². The molecule has 0 aliphatic heterocycles. The number of rotatable bonds is 10. The molecular formula is C12H25NS. The quantitative estimate of drug-likeness (QED) is 0.561. The van der Waals surface area contributed by atoms with Crippen LogP contribution in [0.15, 0.2) is 0 Å². The zero-order chi connectivity index (χ0) is 10.1. The first-order valence-corrected chi connectivity index (χ1v) is 7.52. The number of nitrogens with one attached hydrogen (secondary N) is 1. The van der Waals surface area contributed by atoms with Gasteiger partial charge in [-0.3, -0.25) is 0 Å². The van der Waals surface area contributed by atoms with E-state index in [0.29, 0.717) is 0 Å². The van der Waals surface area contributed by atoms with Gasteiger partial charge in [-0.1, -0.05) is 25.7 Å². The minimum atomic E-state index is 1.09. The van der Waals surface area contributed by atoms with Gasteiger partial charge < -0.3 is 5.32 Å². The Morgan fingerprint density at radius 1 is 1.07 bits per heavy atom. The van der Waals surface area contributed by atoms with Crippen LogP contribution in [0.5, 0.6) is 0 Å². The molecule has 2 heteroatoms. The molecule has 0 atom stereocenters. The minimum absolute atomic E-state index is 1.09. The average molecular weight is 215 g/mol. The van der Waals surface area contributed by atoms with Crippen molar-refractivity contribution >= 4 is 11.8 Å².